The van der Waals surface area contributed by atoms with E-state index < -0.39 is 0 Å². The smallest absolute Gasteiger partial charge is 0.226 e. The standard InChI is InChI=1S/C15H20BrNO3/c1-11-10-17(7-5-14(11)18)15(19)6-8-20-13-4-2-3-12(16)9-13/h2-4,9,11,14,18H,5-8,10H2,1H3. The van der Waals surface area contributed by atoms with E-state index in [9.17, 15) is 9.90 Å². The summed E-state index contributed by atoms with van der Waals surface area (Å²) in [5, 5.41) is 9.66. The lowest BCUT2D eigenvalue weighted by molar-refractivity contribution is -0.135. The van der Waals surface area contributed by atoms with Gasteiger partial charge >= 0.3 is 0 Å². The van der Waals surface area contributed by atoms with Crippen LogP contribution >= 0.6 is 15.9 Å². The Balaban J connectivity index is 1.75. The molecule has 0 spiro atoms. The number of carbonyl (C=O) groups excluding carboxylic acids is 1. The molecule has 2 atom stereocenters. The van der Waals surface area contributed by atoms with Crippen LogP contribution < -0.4 is 4.74 Å². The molecular weight excluding hydrogens is 322 g/mol. The number of rotatable bonds is 4. The summed E-state index contributed by atoms with van der Waals surface area (Å²) < 4.78 is 6.53. The highest BCUT2D eigenvalue weighted by atomic mass is 79.9. The van der Waals surface area contributed by atoms with Crippen molar-refractivity contribution in [1.82, 2.24) is 4.90 Å². The summed E-state index contributed by atoms with van der Waals surface area (Å²) in [4.78, 5) is 13.9. The molecule has 4 nitrogen and oxygen atoms in total. The van der Waals surface area contributed by atoms with Crippen LogP contribution in [0.1, 0.15) is 19.8 Å². The van der Waals surface area contributed by atoms with E-state index in [1.165, 1.54) is 0 Å². The first-order valence-corrected chi connectivity index (χ1v) is 7.70. The van der Waals surface area contributed by atoms with Gasteiger partial charge in [0.25, 0.3) is 0 Å². The normalized spacial score (nSPS) is 22.6. The number of hydrogen-bond donors (Lipinski definition) is 1. The van der Waals surface area contributed by atoms with Gasteiger partial charge in [-0.25, -0.2) is 0 Å². The molecule has 0 aliphatic carbocycles. The molecule has 1 aliphatic rings. The molecule has 1 N–H and O–H groups in total. The van der Waals surface area contributed by atoms with Gasteiger partial charge in [-0.2, -0.15) is 0 Å². The summed E-state index contributed by atoms with van der Waals surface area (Å²) in [6, 6.07) is 7.58. The highest BCUT2D eigenvalue weighted by Crippen LogP contribution is 2.19. The van der Waals surface area contributed by atoms with Gasteiger partial charge in [0.1, 0.15) is 5.75 Å². The number of likely N-dealkylation sites (tertiary alicyclic amines) is 1. The van der Waals surface area contributed by atoms with Gasteiger partial charge in [0.15, 0.2) is 0 Å². The van der Waals surface area contributed by atoms with Crippen molar-refractivity contribution in [3.8, 4) is 5.75 Å². The molecule has 1 amide bonds. The fourth-order valence-corrected chi connectivity index (χ4v) is 2.71. The first kappa shape index (κ1) is 15.3. The third kappa shape index (κ3) is 4.21. The van der Waals surface area contributed by atoms with Crippen molar-refractivity contribution in [2.75, 3.05) is 19.7 Å². The number of nitrogens with zero attached hydrogens (tertiary/aromatic N) is 1. The van der Waals surface area contributed by atoms with Crippen molar-refractivity contribution in [3.63, 3.8) is 0 Å². The molecule has 1 aromatic carbocycles. The molecule has 1 fully saturated rings. The SMILES string of the molecule is CC1CN(C(=O)CCOc2cccc(Br)c2)CCC1O. The molecule has 1 heterocycles. The minimum absolute atomic E-state index is 0.0961. The Morgan fingerprint density at radius 3 is 3.05 bits per heavy atom. The molecule has 0 bridgehead atoms. The third-order valence-electron chi connectivity index (χ3n) is 3.59. The molecule has 20 heavy (non-hydrogen) atoms. The van der Waals surface area contributed by atoms with Gasteiger partial charge in [0.05, 0.1) is 19.1 Å². The number of ether oxygens (including phenoxy) is 1. The highest BCUT2D eigenvalue weighted by Gasteiger charge is 2.26. The molecule has 0 radical (unpaired) electrons. The maximum atomic E-state index is 12.1. The molecule has 2 unspecified atom stereocenters. The van der Waals surface area contributed by atoms with Crippen LogP contribution in [0.15, 0.2) is 28.7 Å². The summed E-state index contributed by atoms with van der Waals surface area (Å²) in [7, 11) is 0. The average molecular weight is 342 g/mol. The molecule has 1 aromatic rings. The van der Waals surface area contributed by atoms with Crippen LogP contribution in [0.4, 0.5) is 0 Å². The van der Waals surface area contributed by atoms with Crippen molar-refractivity contribution in [2.45, 2.75) is 25.9 Å². The Morgan fingerprint density at radius 1 is 1.55 bits per heavy atom. The number of amides is 1. The number of aliphatic hydroxyl groups is 1. The van der Waals surface area contributed by atoms with Crippen LogP contribution in [-0.4, -0.2) is 41.7 Å². The lowest BCUT2D eigenvalue weighted by Gasteiger charge is -2.34. The second-order valence-corrected chi connectivity index (χ2v) is 6.14. The second-order valence-electron chi connectivity index (χ2n) is 5.23. The van der Waals surface area contributed by atoms with Gasteiger partial charge in [0.2, 0.25) is 5.91 Å². The number of hydrogen-bond acceptors (Lipinski definition) is 3. The minimum Gasteiger partial charge on any atom is -0.493 e. The van der Waals surface area contributed by atoms with E-state index >= 15 is 0 Å². The van der Waals surface area contributed by atoms with E-state index in [1.54, 1.807) is 0 Å². The second kappa shape index (κ2) is 7.09. The molecule has 1 saturated heterocycles. The Kier molecular flexibility index (Phi) is 5.43. The van der Waals surface area contributed by atoms with E-state index in [0.29, 0.717) is 32.5 Å². The number of halogens is 1. The minimum atomic E-state index is -0.281. The van der Waals surface area contributed by atoms with Gasteiger partial charge in [-0.1, -0.05) is 28.9 Å². The number of aliphatic hydroxyl groups excluding tert-OH is 1. The summed E-state index contributed by atoms with van der Waals surface area (Å²) in [6.07, 6.45) is 0.756. The number of benzene rings is 1. The zero-order valence-electron chi connectivity index (χ0n) is 11.6. The lowest BCUT2D eigenvalue weighted by Crippen LogP contribution is -2.45. The van der Waals surface area contributed by atoms with Crippen LogP contribution in [0, 0.1) is 5.92 Å². The largest absolute Gasteiger partial charge is 0.493 e. The average Bonchev–Trinajstić information content (AvgIpc) is 2.42. The zero-order chi connectivity index (χ0) is 14.5. The maximum absolute atomic E-state index is 12.1. The first-order valence-electron chi connectivity index (χ1n) is 6.90. The molecule has 110 valence electrons. The number of carbonyl (C=O) groups is 1. The molecular formula is C15H20BrNO3. The lowest BCUT2D eigenvalue weighted by atomic mass is 9.96. The predicted molar refractivity (Wildman–Crippen MR) is 80.6 cm³/mol. The van der Waals surface area contributed by atoms with Crippen LogP contribution in [0.3, 0.4) is 0 Å². The summed E-state index contributed by atoms with van der Waals surface area (Å²) >= 11 is 3.38. The summed E-state index contributed by atoms with van der Waals surface area (Å²) in [5.41, 5.74) is 0. The topological polar surface area (TPSA) is 49.8 Å². The Morgan fingerprint density at radius 2 is 2.35 bits per heavy atom. The van der Waals surface area contributed by atoms with Gasteiger partial charge in [0, 0.05) is 17.6 Å². The first-order chi connectivity index (χ1) is 9.56. The molecule has 1 aliphatic heterocycles. The fourth-order valence-electron chi connectivity index (χ4n) is 2.33. The highest BCUT2D eigenvalue weighted by molar-refractivity contribution is 9.10. The van der Waals surface area contributed by atoms with E-state index in [0.717, 1.165) is 10.2 Å². The van der Waals surface area contributed by atoms with E-state index in [-0.39, 0.29) is 17.9 Å². The van der Waals surface area contributed by atoms with Crippen LogP contribution in [0.5, 0.6) is 5.75 Å². The van der Waals surface area contributed by atoms with Crippen LogP contribution in [0.2, 0.25) is 0 Å². The van der Waals surface area contributed by atoms with Crippen LogP contribution in [-0.2, 0) is 4.79 Å². The van der Waals surface area contributed by atoms with Crippen molar-refractivity contribution in [2.24, 2.45) is 5.92 Å². The Bertz CT molecular complexity index is 466. The molecule has 0 aromatic heterocycles. The van der Waals surface area contributed by atoms with Crippen molar-refractivity contribution in [3.05, 3.63) is 28.7 Å². The van der Waals surface area contributed by atoms with Gasteiger partial charge in [-0.05, 0) is 30.5 Å². The summed E-state index contributed by atoms with van der Waals surface area (Å²) in [5.74, 6) is 1.01. The molecule has 5 heteroatoms. The maximum Gasteiger partial charge on any atom is 0.226 e. The van der Waals surface area contributed by atoms with E-state index in [2.05, 4.69) is 15.9 Å². The van der Waals surface area contributed by atoms with Gasteiger partial charge in [-0.3, -0.25) is 4.79 Å². The van der Waals surface area contributed by atoms with E-state index in [1.807, 2.05) is 36.1 Å². The number of piperidine rings is 1. The monoisotopic (exact) mass is 341 g/mol. The van der Waals surface area contributed by atoms with Crippen LogP contribution in [0.25, 0.3) is 0 Å². The van der Waals surface area contributed by atoms with Crippen molar-refractivity contribution < 1.29 is 14.6 Å². The van der Waals surface area contributed by atoms with E-state index in [4.69, 9.17) is 4.74 Å². The summed E-state index contributed by atoms with van der Waals surface area (Å²) in [6.45, 7) is 3.63. The molecule has 2 rings (SSSR count). The Labute approximate surface area is 127 Å². The van der Waals surface area contributed by atoms with Crippen molar-refractivity contribution >= 4 is 21.8 Å². The quantitative estimate of drug-likeness (QED) is 0.914. The fraction of sp³-hybridized carbons (Fsp3) is 0.533. The van der Waals surface area contributed by atoms with Gasteiger partial charge in [-0.15, -0.1) is 0 Å². The Hall–Kier alpha value is -1.07. The zero-order valence-corrected chi connectivity index (χ0v) is 13.2. The predicted octanol–water partition coefficient (Wildman–Crippen LogP) is 2.45. The third-order valence-corrected chi connectivity index (χ3v) is 4.09. The van der Waals surface area contributed by atoms with Gasteiger partial charge < -0.3 is 14.7 Å². The molecule has 0 saturated carbocycles. The van der Waals surface area contributed by atoms with Crippen molar-refractivity contribution in [1.29, 1.82) is 0 Å².